The Morgan fingerprint density at radius 3 is 3.29 bits per heavy atom. The minimum absolute atomic E-state index is 0.233. The minimum atomic E-state index is 0.233. The molecule has 0 spiro atoms. The minimum Gasteiger partial charge on any atom is -0.472 e. The number of hydrogen-bond acceptors (Lipinski definition) is 4. The third-order valence-corrected chi connectivity index (χ3v) is 2.42. The molecule has 1 aromatic heterocycles. The number of aliphatic imine (C=N–C) groups is 2. The predicted octanol–water partition coefficient (Wildman–Crippen LogP) is 0.0741. The number of nitrogens with zero attached hydrogens (tertiary/aromatic N) is 2. The molecular weight excluding hydrogens is 218 g/mol. The lowest BCUT2D eigenvalue weighted by Gasteiger charge is -2.11. The van der Waals surface area contributed by atoms with Gasteiger partial charge in [-0.3, -0.25) is 15.3 Å². The van der Waals surface area contributed by atoms with E-state index in [1.54, 1.807) is 12.5 Å². The van der Waals surface area contributed by atoms with Crippen molar-refractivity contribution in [3.05, 3.63) is 24.2 Å². The standard InChI is InChI=1S/C11H17N5O/c1-8-6-14-10(12)16-11(15-8)13-4-2-9-3-5-17-7-9/h3,5,7-8H,2,4,6H2,1H3,(H4,12,13,14,15,16)/t8-/m0/s1. The summed E-state index contributed by atoms with van der Waals surface area (Å²) >= 11 is 0. The van der Waals surface area contributed by atoms with Crippen molar-refractivity contribution < 1.29 is 4.42 Å². The van der Waals surface area contributed by atoms with E-state index in [9.17, 15) is 0 Å². The van der Waals surface area contributed by atoms with Crippen LogP contribution in [0.1, 0.15) is 12.5 Å². The van der Waals surface area contributed by atoms with Crippen LogP contribution in [0.3, 0.4) is 0 Å². The van der Waals surface area contributed by atoms with Crippen molar-refractivity contribution in [2.75, 3.05) is 13.1 Å². The molecule has 92 valence electrons. The highest BCUT2D eigenvalue weighted by molar-refractivity contribution is 5.98. The Balaban J connectivity index is 1.89. The smallest absolute Gasteiger partial charge is 0.198 e. The van der Waals surface area contributed by atoms with Crippen molar-refractivity contribution >= 4 is 11.9 Å². The average molecular weight is 235 g/mol. The second-order valence-corrected chi connectivity index (χ2v) is 4.01. The molecule has 0 fully saturated rings. The Hall–Kier alpha value is -1.98. The summed E-state index contributed by atoms with van der Waals surface area (Å²) in [5.74, 6) is 1.09. The topological polar surface area (TPSA) is 87.9 Å². The number of rotatable bonds is 3. The lowest BCUT2D eigenvalue weighted by Crippen LogP contribution is -2.45. The molecule has 2 rings (SSSR count). The molecule has 1 aliphatic rings. The molecule has 2 heterocycles. The summed E-state index contributed by atoms with van der Waals surface area (Å²) in [6.45, 7) is 3.36. The van der Waals surface area contributed by atoms with Gasteiger partial charge in [-0.1, -0.05) is 0 Å². The summed E-state index contributed by atoms with van der Waals surface area (Å²) < 4.78 is 4.99. The summed E-state index contributed by atoms with van der Waals surface area (Å²) in [7, 11) is 0. The zero-order valence-electron chi connectivity index (χ0n) is 9.81. The van der Waals surface area contributed by atoms with Gasteiger partial charge in [-0.15, -0.1) is 0 Å². The SMILES string of the molecule is C[C@H]1CN=C(N)NC(=NCCc2ccoc2)N1. The van der Waals surface area contributed by atoms with Crippen LogP contribution in [0, 0.1) is 0 Å². The van der Waals surface area contributed by atoms with E-state index in [-0.39, 0.29) is 6.04 Å². The molecule has 6 heteroatoms. The van der Waals surface area contributed by atoms with E-state index in [1.807, 2.05) is 13.0 Å². The molecule has 1 atom stereocenters. The second kappa shape index (κ2) is 5.38. The fraction of sp³-hybridized carbons (Fsp3) is 0.455. The molecule has 6 nitrogen and oxygen atoms in total. The maximum Gasteiger partial charge on any atom is 0.198 e. The van der Waals surface area contributed by atoms with Crippen LogP contribution in [0.15, 0.2) is 33.0 Å². The molecule has 0 aromatic carbocycles. The van der Waals surface area contributed by atoms with Gasteiger partial charge >= 0.3 is 0 Å². The Morgan fingerprint density at radius 2 is 2.53 bits per heavy atom. The molecule has 0 saturated heterocycles. The van der Waals surface area contributed by atoms with Crippen LogP contribution in [0.4, 0.5) is 0 Å². The van der Waals surface area contributed by atoms with Crippen LogP contribution >= 0.6 is 0 Å². The molecule has 0 saturated carbocycles. The van der Waals surface area contributed by atoms with E-state index in [4.69, 9.17) is 10.2 Å². The zero-order chi connectivity index (χ0) is 12.1. The third-order valence-electron chi connectivity index (χ3n) is 2.42. The van der Waals surface area contributed by atoms with Crippen molar-refractivity contribution in [3.63, 3.8) is 0 Å². The third kappa shape index (κ3) is 3.51. The Bertz CT molecular complexity index is 410. The van der Waals surface area contributed by atoms with E-state index >= 15 is 0 Å². The molecular formula is C11H17N5O. The maximum atomic E-state index is 5.66. The van der Waals surface area contributed by atoms with E-state index in [0.717, 1.165) is 12.0 Å². The van der Waals surface area contributed by atoms with Crippen molar-refractivity contribution in [1.29, 1.82) is 0 Å². The van der Waals surface area contributed by atoms with E-state index < -0.39 is 0 Å². The number of nitrogens with one attached hydrogen (secondary N) is 2. The highest BCUT2D eigenvalue weighted by Gasteiger charge is 2.10. The zero-order valence-corrected chi connectivity index (χ0v) is 9.81. The summed E-state index contributed by atoms with van der Waals surface area (Å²) in [6.07, 6.45) is 4.23. The van der Waals surface area contributed by atoms with Crippen LogP contribution in [0.25, 0.3) is 0 Å². The van der Waals surface area contributed by atoms with Gasteiger partial charge in [0.15, 0.2) is 11.9 Å². The molecule has 1 aliphatic heterocycles. The first-order valence-corrected chi connectivity index (χ1v) is 5.63. The molecule has 17 heavy (non-hydrogen) atoms. The van der Waals surface area contributed by atoms with Crippen LogP contribution in [-0.2, 0) is 6.42 Å². The molecule has 0 amide bonds. The van der Waals surface area contributed by atoms with E-state index in [0.29, 0.717) is 25.0 Å². The molecule has 1 aromatic rings. The first-order chi connectivity index (χ1) is 8.24. The van der Waals surface area contributed by atoms with Crippen molar-refractivity contribution in [1.82, 2.24) is 10.6 Å². The molecule has 0 bridgehead atoms. The van der Waals surface area contributed by atoms with Gasteiger partial charge in [0.1, 0.15) is 0 Å². The summed E-state index contributed by atoms with van der Waals surface area (Å²) in [5, 5.41) is 6.14. The quantitative estimate of drug-likeness (QED) is 0.692. The van der Waals surface area contributed by atoms with Crippen LogP contribution in [0.2, 0.25) is 0 Å². The molecule has 0 radical (unpaired) electrons. The molecule has 4 N–H and O–H groups in total. The van der Waals surface area contributed by atoms with Gasteiger partial charge in [0, 0.05) is 12.6 Å². The van der Waals surface area contributed by atoms with Crippen LogP contribution in [-0.4, -0.2) is 31.1 Å². The normalized spacial score (nSPS) is 22.5. The first kappa shape index (κ1) is 11.5. The number of guanidine groups is 2. The summed E-state index contributed by atoms with van der Waals surface area (Å²) in [6, 6.07) is 2.17. The Morgan fingerprint density at radius 1 is 1.65 bits per heavy atom. The van der Waals surface area contributed by atoms with E-state index in [2.05, 4.69) is 20.6 Å². The number of nitrogens with two attached hydrogens (primary N) is 1. The largest absolute Gasteiger partial charge is 0.472 e. The van der Waals surface area contributed by atoms with Gasteiger partial charge in [-0.05, 0) is 25.0 Å². The lowest BCUT2D eigenvalue weighted by molar-refractivity contribution is 0.564. The highest BCUT2D eigenvalue weighted by atomic mass is 16.3. The van der Waals surface area contributed by atoms with Gasteiger partial charge in [-0.2, -0.15) is 0 Å². The van der Waals surface area contributed by atoms with Gasteiger partial charge in [0.25, 0.3) is 0 Å². The van der Waals surface area contributed by atoms with Gasteiger partial charge in [-0.25, -0.2) is 0 Å². The number of hydrogen-bond donors (Lipinski definition) is 3. The number of furan rings is 1. The second-order valence-electron chi connectivity index (χ2n) is 4.01. The van der Waals surface area contributed by atoms with Crippen molar-refractivity contribution in [3.8, 4) is 0 Å². The molecule has 0 aliphatic carbocycles. The fourth-order valence-electron chi connectivity index (χ4n) is 1.53. The highest BCUT2D eigenvalue weighted by Crippen LogP contribution is 2.00. The monoisotopic (exact) mass is 235 g/mol. The van der Waals surface area contributed by atoms with Crippen molar-refractivity contribution in [2.45, 2.75) is 19.4 Å². The van der Waals surface area contributed by atoms with Crippen molar-refractivity contribution in [2.24, 2.45) is 15.7 Å². The lowest BCUT2D eigenvalue weighted by atomic mass is 10.2. The maximum absolute atomic E-state index is 5.66. The van der Waals surface area contributed by atoms with Gasteiger partial charge in [0.05, 0.1) is 19.1 Å². The predicted molar refractivity (Wildman–Crippen MR) is 66.9 cm³/mol. The molecule has 0 unspecified atom stereocenters. The first-order valence-electron chi connectivity index (χ1n) is 5.63. The summed E-state index contributed by atoms with van der Waals surface area (Å²) in [5.41, 5.74) is 6.79. The van der Waals surface area contributed by atoms with Crippen LogP contribution < -0.4 is 16.4 Å². The fourth-order valence-corrected chi connectivity index (χ4v) is 1.53. The Kier molecular flexibility index (Phi) is 3.64. The van der Waals surface area contributed by atoms with Crippen LogP contribution in [0.5, 0.6) is 0 Å². The van der Waals surface area contributed by atoms with Gasteiger partial charge < -0.3 is 15.5 Å². The summed E-state index contributed by atoms with van der Waals surface area (Å²) in [4.78, 5) is 8.55. The van der Waals surface area contributed by atoms with Gasteiger partial charge in [0.2, 0.25) is 0 Å². The van der Waals surface area contributed by atoms with E-state index in [1.165, 1.54) is 0 Å². The Labute approximate surface area is 100 Å². The average Bonchev–Trinajstić information content (AvgIpc) is 2.73.